The maximum Gasteiger partial charge on any atom is 0.116 e. The summed E-state index contributed by atoms with van der Waals surface area (Å²) in [5.41, 5.74) is 3.91. The summed E-state index contributed by atoms with van der Waals surface area (Å²) in [7, 11) is 0. The average molecular weight is 174 g/mol. The average Bonchev–Trinajstić information content (AvgIpc) is 2.17. The molecule has 0 saturated heterocycles. The van der Waals surface area contributed by atoms with Crippen LogP contribution in [0.25, 0.3) is 6.08 Å². The van der Waals surface area contributed by atoms with Gasteiger partial charge in [-0.3, -0.25) is 0 Å². The smallest absolute Gasteiger partial charge is 0.116 e. The molecule has 0 N–H and O–H groups in total. The summed E-state index contributed by atoms with van der Waals surface area (Å²) in [6, 6.07) is 0. The quantitative estimate of drug-likeness (QED) is 0.653. The van der Waals surface area contributed by atoms with E-state index in [1.807, 2.05) is 6.20 Å². The number of hydrogen-bond acceptors (Lipinski definition) is 2. The number of aromatic nitrogens is 2. The third kappa shape index (κ3) is 1.62. The van der Waals surface area contributed by atoms with Gasteiger partial charge in [-0.15, -0.1) is 0 Å². The van der Waals surface area contributed by atoms with Crippen LogP contribution in [0.4, 0.5) is 0 Å². The topological polar surface area (TPSA) is 25.8 Å². The minimum atomic E-state index is 0.642. The summed E-state index contributed by atoms with van der Waals surface area (Å²) in [6.07, 6.45) is 8.03. The molecule has 1 heterocycles. The minimum absolute atomic E-state index is 0.642. The highest BCUT2D eigenvalue weighted by molar-refractivity contribution is 5.55. The van der Waals surface area contributed by atoms with Crippen molar-refractivity contribution in [1.82, 2.24) is 9.97 Å². The fourth-order valence-electron chi connectivity index (χ4n) is 1.67. The Morgan fingerprint density at radius 3 is 2.92 bits per heavy atom. The monoisotopic (exact) mass is 174 g/mol. The molecule has 0 radical (unpaired) electrons. The van der Waals surface area contributed by atoms with Crippen LogP contribution >= 0.6 is 0 Å². The van der Waals surface area contributed by atoms with Crippen molar-refractivity contribution in [1.29, 1.82) is 0 Å². The lowest BCUT2D eigenvalue weighted by Gasteiger charge is -2.17. The van der Waals surface area contributed by atoms with E-state index in [0.29, 0.717) is 5.92 Å². The first-order valence-corrected chi connectivity index (χ1v) is 4.76. The first-order valence-electron chi connectivity index (χ1n) is 4.76. The molecule has 0 fully saturated rings. The molecule has 1 aliphatic carbocycles. The van der Waals surface area contributed by atoms with E-state index >= 15 is 0 Å². The van der Waals surface area contributed by atoms with Crippen LogP contribution in [-0.2, 0) is 6.42 Å². The molecule has 0 atom stereocenters. The van der Waals surface area contributed by atoms with Gasteiger partial charge in [0.2, 0.25) is 0 Å². The Morgan fingerprint density at radius 2 is 2.15 bits per heavy atom. The standard InChI is InChI=1S/C11H14N2/c1-8(2)9-3-4-10-6-12-7-13-11(10)5-9/h5-8H,3-4H2,1-2H3. The predicted octanol–water partition coefficient (Wildman–Crippen LogP) is 2.46. The highest BCUT2D eigenvalue weighted by Crippen LogP contribution is 2.25. The van der Waals surface area contributed by atoms with Crippen LogP contribution < -0.4 is 0 Å². The molecular formula is C11H14N2. The molecule has 1 aromatic rings. The van der Waals surface area contributed by atoms with Crippen LogP contribution in [0.15, 0.2) is 18.1 Å². The minimum Gasteiger partial charge on any atom is -0.244 e. The van der Waals surface area contributed by atoms with Crippen molar-refractivity contribution in [2.24, 2.45) is 5.92 Å². The fourth-order valence-corrected chi connectivity index (χ4v) is 1.67. The van der Waals surface area contributed by atoms with Gasteiger partial charge in [-0.1, -0.05) is 19.4 Å². The summed E-state index contributed by atoms with van der Waals surface area (Å²) >= 11 is 0. The molecule has 2 heteroatoms. The fraction of sp³-hybridized carbons (Fsp3) is 0.455. The second-order valence-corrected chi connectivity index (χ2v) is 3.81. The number of rotatable bonds is 1. The Hall–Kier alpha value is -1.18. The molecule has 2 rings (SSSR count). The Bertz CT molecular complexity index is 340. The van der Waals surface area contributed by atoms with Crippen LogP contribution in [0.2, 0.25) is 0 Å². The number of hydrogen-bond donors (Lipinski definition) is 0. The second-order valence-electron chi connectivity index (χ2n) is 3.81. The van der Waals surface area contributed by atoms with Crippen LogP contribution in [0.3, 0.4) is 0 Å². The molecule has 0 aliphatic heterocycles. The SMILES string of the molecule is CC(C)C1=Cc2ncncc2CC1. The van der Waals surface area contributed by atoms with E-state index < -0.39 is 0 Å². The van der Waals surface area contributed by atoms with Crippen LogP contribution in [-0.4, -0.2) is 9.97 Å². The Kier molecular flexibility index (Phi) is 2.13. The van der Waals surface area contributed by atoms with E-state index in [1.54, 1.807) is 6.33 Å². The van der Waals surface area contributed by atoms with E-state index in [-0.39, 0.29) is 0 Å². The van der Waals surface area contributed by atoms with Crippen molar-refractivity contribution in [3.63, 3.8) is 0 Å². The Balaban J connectivity index is 2.38. The van der Waals surface area contributed by atoms with Gasteiger partial charge in [-0.05, 0) is 30.4 Å². The van der Waals surface area contributed by atoms with Crippen LogP contribution in [0.5, 0.6) is 0 Å². The Morgan fingerprint density at radius 1 is 1.31 bits per heavy atom. The zero-order chi connectivity index (χ0) is 9.26. The lowest BCUT2D eigenvalue weighted by molar-refractivity contribution is 0.705. The van der Waals surface area contributed by atoms with Gasteiger partial charge in [0.1, 0.15) is 6.33 Å². The van der Waals surface area contributed by atoms with Crippen molar-refractivity contribution >= 4 is 6.08 Å². The first kappa shape index (κ1) is 8.42. The Labute approximate surface area is 78.7 Å². The van der Waals surface area contributed by atoms with Crippen molar-refractivity contribution in [3.05, 3.63) is 29.4 Å². The van der Waals surface area contributed by atoms with Gasteiger partial charge in [0.25, 0.3) is 0 Å². The summed E-state index contributed by atoms with van der Waals surface area (Å²) in [5, 5.41) is 0. The molecule has 0 saturated carbocycles. The van der Waals surface area contributed by atoms with E-state index in [9.17, 15) is 0 Å². The molecule has 68 valence electrons. The van der Waals surface area contributed by atoms with E-state index in [2.05, 4.69) is 29.9 Å². The second kappa shape index (κ2) is 3.29. The van der Waals surface area contributed by atoms with Crippen molar-refractivity contribution in [2.75, 3.05) is 0 Å². The molecule has 0 spiro atoms. The zero-order valence-corrected chi connectivity index (χ0v) is 8.12. The molecule has 2 nitrogen and oxygen atoms in total. The van der Waals surface area contributed by atoms with Crippen molar-refractivity contribution in [3.8, 4) is 0 Å². The molecule has 0 amide bonds. The summed E-state index contributed by atoms with van der Waals surface area (Å²) in [4.78, 5) is 8.29. The zero-order valence-electron chi connectivity index (χ0n) is 8.12. The normalized spacial score (nSPS) is 15.5. The van der Waals surface area contributed by atoms with E-state index in [1.165, 1.54) is 11.1 Å². The number of allylic oxidation sites excluding steroid dienone is 1. The lowest BCUT2D eigenvalue weighted by Crippen LogP contribution is -2.05. The highest BCUT2D eigenvalue weighted by Gasteiger charge is 2.12. The van der Waals surface area contributed by atoms with Gasteiger partial charge in [-0.25, -0.2) is 9.97 Å². The summed E-state index contributed by atoms with van der Waals surface area (Å²) < 4.78 is 0. The van der Waals surface area contributed by atoms with Gasteiger partial charge in [0.15, 0.2) is 0 Å². The predicted molar refractivity (Wildman–Crippen MR) is 53.2 cm³/mol. The first-order chi connectivity index (χ1) is 6.27. The summed E-state index contributed by atoms with van der Waals surface area (Å²) in [6.45, 7) is 4.47. The lowest BCUT2D eigenvalue weighted by atomic mass is 9.90. The van der Waals surface area contributed by atoms with Crippen LogP contribution in [0, 0.1) is 5.92 Å². The molecule has 0 aromatic carbocycles. The molecule has 0 unspecified atom stereocenters. The van der Waals surface area contributed by atoms with Crippen molar-refractivity contribution < 1.29 is 0 Å². The van der Waals surface area contributed by atoms with Gasteiger partial charge >= 0.3 is 0 Å². The molecule has 1 aromatic heterocycles. The highest BCUT2D eigenvalue weighted by atomic mass is 14.8. The molecular weight excluding hydrogens is 160 g/mol. The molecule has 1 aliphatic rings. The van der Waals surface area contributed by atoms with Gasteiger partial charge in [-0.2, -0.15) is 0 Å². The van der Waals surface area contributed by atoms with Gasteiger partial charge < -0.3 is 0 Å². The number of nitrogens with zero attached hydrogens (tertiary/aromatic N) is 2. The van der Waals surface area contributed by atoms with Gasteiger partial charge in [0.05, 0.1) is 5.69 Å². The maximum absolute atomic E-state index is 4.26. The van der Waals surface area contributed by atoms with Crippen LogP contribution in [0.1, 0.15) is 31.5 Å². The van der Waals surface area contributed by atoms with Gasteiger partial charge in [0, 0.05) is 6.20 Å². The number of aryl methyl sites for hydroxylation is 1. The van der Waals surface area contributed by atoms with E-state index in [4.69, 9.17) is 0 Å². The number of fused-ring (bicyclic) bond motifs is 1. The third-order valence-corrected chi connectivity index (χ3v) is 2.57. The summed E-state index contributed by atoms with van der Waals surface area (Å²) in [5.74, 6) is 0.642. The molecule has 13 heavy (non-hydrogen) atoms. The molecule has 0 bridgehead atoms. The van der Waals surface area contributed by atoms with Crippen molar-refractivity contribution in [2.45, 2.75) is 26.7 Å². The van der Waals surface area contributed by atoms with E-state index in [0.717, 1.165) is 18.5 Å². The maximum atomic E-state index is 4.26. The third-order valence-electron chi connectivity index (χ3n) is 2.57. The largest absolute Gasteiger partial charge is 0.244 e.